The van der Waals surface area contributed by atoms with E-state index >= 15 is 0 Å². The third kappa shape index (κ3) is 3.12. The van der Waals surface area contributed by atoms with Gasteiger partial charge >= 0.3 is 0 Å². The molecule has 0 aromatic carbocycles. The third-order valence-electron chi connectivity index (χ3n) is 3.88. The highest BCUT2D eigenvalue weighted by Gasteiger charge is 2.33. The molecule has 2 heterocycles. The molecule has 1 fully saturated rings. The Morgan fingerprint density at radius 1 is 1.50 bits per heavy atom. The normalized spacial score (nSPS) is 24.3. The lowest BCUT2D eigenvalue weighted by Crippen LogP contribution is -2.61. The molecule has 1 N–H and O–H groups in total. The summed E-state index contributed by atoms with van der Waals surface area (Å²) in [6.07, 6.45) is 4.53. The van der Waals surface area contributed by atoms with Gasteiger partial charge in [-0.15, -0.1) is 0 Å². The van der Waals surface area contributed by atoms with Crippen LogP contribution in [0.5, 0.6) is 0 Å². The second-order valence-electron chi connectivity index (χ2n) is 6.04. The van der Waals surface area contributed by atoms with Crippen molar-refractivity contribution in [3.05, 3.63) is 18.0 Å². The average Bonchev–Trinajstić information content (AvgIpc) is 2.70. The first-order valence-corrected chi connectivity index (χ1v) is 6.98. The Kier molecular flexibility index (Phi) is 4.07. The lowest BCUT2D eigenvalue weighted by atomic mass is 9.95. The minimum Gasteiger partial charge on any atom is -0.311 e. The highest BCUT2D eigenvalue weighted by atomic mass is 15.3. The van der Waals surface area contributed by atoms with Gasteiger partial charge in [-0.05, 0) is 26.3 Å². The summed E-state index contributed by atoms with van der Waals surface area (Å²) in [5.41, 5.74) is 1.38. The summed E-state index contributed by atoms with van der Waals surface area (Å²) >= 11 is 0. The van der Waals surface area contributed by atoms with Gasteiger partial charge in [0.25, 0.3) is 0 Å². The Bertz CT molecular complexity index is 383. The van der Waals surface area contributed by atoms with Crippen LogP contribution in [-0.4, -0.2) is 39.4 Å². The van der Waals surface area contributed by atoms with Crippen LogP contribution in [0, 0.1) is 0 Å². The number of piperazine rings is 1. The van der Waals surface area contributed by atoms with Crippen LogP contribution in [0.2, 0.25) is 0 Å². The summed E-state index contributed by atoms with van der Waals surface area (Å²) < 4.78 is 1.88. The van der Waals surface area contributed by atoms with Crippen LogP contribution < -0.4 is 5.32 Å². The second-order valence-corrected chi connectivity index (χ2v) is 6.04. The summed E-state index contributed by atoms with van der Waals surface area (Å²) in [4.78, 5) is 2.56. The van der Waals surface area contributed by atoms with Crippen LogP contribution in [0.25, 0.3) is 0 Å². The molecule has 1 atom stereocenters. The lowest BCUT2D eigenvalue weighted by Gasteiger charge is -2.46. The Labute approximate surface area is 110 Å². The molecule has 102 valence electrons. The molecule has 18 heavy (non-hydrogen) atoms. The van der Waals surface area contributed by atoms with Gasteiger partial charge in [-0.25, -0.2) is 0 Å². The third-order valence-corrected chi connectivity index (χ3v) is 3.88. The van der Waals surface area contributed by atoms with E-state index in [-0.39, 0.29) is 5.54 Å². The largest absolute Gasteiger partial charge is 0.311 e. The molecule has 2 rings (SSSR count). The first-order chi connectivity index (χ1) is 8.51. The minimum atomic E-state index is 0.210. The minimum absolute atomic E-state index is 0.210. The Morgan fingerprint density at radius 3 is 2.89 bits per heavy atom. The van der Waals surface area contributed by atoms with Crippen molar-refractivity contribution >= 4 is 0 Å². The molecule has 0 spiro atoms. The van der Waals surface area contributed by atoms with Crippen molar-refractivity contribution in [2.75, 3.05) is 13.1 Å². The molecule has 1 aromatic rings. The van der Waals surface area contributed by atoms with E-state index in [4.69, 9.17) is 0 Å². The van der Waals surface area contributed by atoms with Crippen LogP contribution in [0.15, 0.2) is 12.3 Å². The fourth-order valence-electron chi connectivity index (χ4n) is 2.65. The maximum Gasteiger partial charge on any atom is 0.0764 e. The van der Waals surface area contributed by atoms with Crippen molar-refractivity contribution in [2.45, 2.75) is 51.7 Å². The van der Waals surface area contributed by atoms with E-state index in [2.05, 4.69) is 42.2 Å². The van der Waals surface area contributed by atoms with Gasteiger partial charge in [0.2, 0.25) is 0 Å². The van der Waals surface area contributed by atoms with Crippen molar-refractivity contribution in [1.82, 2.24) is 20.0 Å². The maximum atomic E-state index is 4.50. The average molecular weight is 250 g/mol. The number of nitrogens with one attached hydrogen (secondary N) is 1. The lowest BCUT2D eigenvalue weighted by molar-refractivity contribution is 0.0551. The molecule has 1 saturated heterocycles. The van der Waals surface area contributed by atoms with E-state index in [0.29, 0.717) is 6.04 Å². The fraction of sp³-hybridized carbons (Fsp3) is 0.786. The highest BCUT2D eigenvalue weighted by molar-refractivity contribution is 5.02. The van der Waals surface area contributed by atoms with Crippen molar-refractivity contribution < 1.29 is 0 Å². The molecule has 0 saturated carbocycles. The van der Waals surface area contributed by atoms with Gasteiger partial charge in [-0.3, -0.25) is 9.58 Å². The van der Waals surface area contributed by atoms with Crippen LogP contribution >= 0.6 is 0 Å². The van der Waals surface area contributed by atoms with Gasteiger partial charge in [-0.2, -0.15) is 5.10 Å². The molecule has 1 aliphatic rings. The predicted molar refractivity (Wildman–Crippen MR) is 74.4 cm³/mol. The molecule has 1 aliphatic heterocycles. The van der Waals surface area contributed by atoms with Crippen LogP contribution in [-0.2, 0) is 13.6 Å². The molecule has 0 radical (unpaired) electrons. The molecule has 4 heteroatoms. The molecule has 1 unspecified atom stereocenters. The zero-order valence-corrected chi connectivity index (χ0v) is 12.1. The van der Waals surface area contributed by atoms with E-state index in [1.807, 2.05) is 17.9 Å². The van der Waals surface area contributed by atoms with Gasteiger partial charge < -0.3 is 5.32 Å². The van der Waals surface area contributed by atoms with Gasteiger partial charge in [-0.1, -0.05) is 13.3 Å². The standard InChI is InChI=1S/C14H26N4/c1-5-6-12-9-18(14(2,3)11-15-12)10-13-7-8-17(4)16-13/h7-8,12,15H,5-6,9-11H2,1-4H3. The Morgan fingerprint density at radius 2 is 2.28 bits per heavy atom. The number of hydrogen-bond acceptors (Lipinski definition) is 3. The van der Waals surface area contributed by atoms with E-state index in [1.54, 1.807) is 0 Å². The smallest absolute Gasteiger partial charge is 0.0764 e. The van der Waals surface area contributed by atoms with Crippen LogP contribution in [0.1, 0.15) is 39.3 Å². The number of rotatable bonds is 4. The maximum absolute atomic E-state index is 4.50. The zero-order valence-electron chi connectivity index (χ0n) is 12.1. The SMILES string of the molecule is CCCC1CN(Cc2ccn(C)n2)C(C)(C)CN1. The van der Waals surface area contributed by atoms with E-state index in [9.17, 15) is 0 Å². The molecule has 1 aromatic heterocycles. The molecule has 0 aliphatic carbocycles. The first kappa shape index (κ1) is 13.6. The number of nitrogens with zero attached hydrogens (tertiary/aromatic N) is 3. The van der Waals surface area contributed by atoms with Crippen molar-refractivity contribution in [1.29, 1.82) is 0 Å². The van der Waals surface area contributed by atoms with E-state index < -0.39 is 0 Å². The molecule has 0 bridgehead atoms. The van der Waals surface area contributed by atoms with E-state index in [1.165, 1.54) is 18.5 Å². The summed E-state index contributed by atoms with van der Waals surface area (Å²) in [5.74, 6) is 0. The predicted octanol–water partition coefficient (Wildman–Crippen LogP) is 1.77. The summed E-state index contributed by atoms with van der Waals surface area (Å²) in [5, 5.41) is 8.16. The fourth-order valence-corrected chi connectivity index (χ4v) is 2.65. The summed E-state index contributed by atoms with van der Waals surface area (Å²) in [6, 6.07) is 2.75. The first-order valence-electron chi connectivity index (χ1n) is 6.98. The highest BCUT2D eigenvalue weighted by Crippen LogP contribution is 2.22. The van der Waals surface area contributed by atoms with Crippen LogP contribution in [0.4, 0.5) is 0 Å². The molecular formula is C14H26N4. The molecule has 0 amide bonds. The number of hydrogen-bond donors (Lipinski definition) is 1. The second kappa shape index (κ2) is 5.41. The van der Waals surface area contributed by atoms with Gasteiger partial charge in [0.05, 0.1) is 5.69 Å². The van der Waals surface area contributed by atoms with Crippen LogP contribution in [0.3, 0.4) is 0 Å². The monoisotopic (exact) mass is 250 g/mol. The van der Waals surface area contributed by atoms with Gasteiger partial charge in [0.1, 0.15) is 0 Å². The quantitative estimate of drug-likeness (QED) is 0.884. The summed E-state index contributed by atoms with van der Waals surface area (Å²) in [7, 11) is 1.98. The Hall–Kier alpha value is -0.870. The summed E-state index contributed by atoms with van der Waals surface area (Å²) in [6.45, 7) is 10.0. The Balaban J connectivity index is 2.02. The van der Waals surface area contributed by atoms with Gasteiger partial charge in [0, 0.05) is 44.5 Å². The molecule has 4 nitrogen and oxygen atoms in total. The van der Waals surface area contributed by atoms with Crippen molar-refractivity contribution in [2.24, 2.45) is 7.05 Å². The molecular weight excluding hydrogens is 224 g/mol. The van der Waals surface area contributed by atoms with Crippen molar-refractivity contribution in [3.63, 3.8) is 0 Å². The number of aromatic nitrogens is 2. The van der Waals surface area contributed by atoms with Gasteiger partial charge in [0.15, 0.2) is 0 Å². The zero-order chi connectivity index (χ0) is 13.2. The number of aryl methyl sites for hydroxylation is 1. The van der Waals surface area contributed by atoms with Crippen molar-refractivity contribution in [3.8, 4) is 0 Å². The topological polar surface area (TPSA) is 33.1 Å². The van der Waals surface area contributed by atoms with E-state index in [0.717, 1.165) is 19.6 Å².